The number of hydrogen-bond donors (Lipinski definition) is 4. The highest BCUT2D eigenvalue weighted by atomic mass is 19.4. The van der Waals surface area contributed by atoms with Crippen LogP contribution in [-0.4, -0.2) is 35.7 Å². The van der Waals surface area contributed by atoms with Crippen LogP contribution < -0.4 is 16.5 Å². The van der Waals surface area contributed by atoms with Gasteiger partial charge in [-0.1, -0.05) is 0 Å². The van der Waals surface area contributed by atoms with Crippen LogP contribution in [0.25, 0.3) is 0 Å². The minimum Gasteiger partial charge on any atom is -0.372 e. The maximum atomic E-state index is 12.6. The van der Waals surface area contributed by atoms with Gasteiger partial charge in [-0.2, -0.15) is 18.3 Å². The highest BCUT2D eigenvalue weighted by Gasteiger charge is 2.42. The molecule has 1 rings (SSSR count). The van der Waals surface area contributed by atoms with E-state index in [0.29, 0.717) is 0 Å². The molecule has 0 aliphatic carbocycles. The first-order valence-corrected chi connectivity index (χ1v) is 4.57. The third-order valence-corrected chi connectivity index (χ3v) is 2.06. The van der Waals surface area contributed by atoms with Gasteiger partial charge in [-0.05, 0) is 6.92 Å². The Labute approximate surface area is 94.4 Å². The molecule has 1 unspecified atom stereocenters. The van der Waals surface area contributed by atoms with Crippen molar-refractivity contribution in [2.24, 2.45) is 10.8 Å². The third kappa shape index (κ3) is 3.09. The summed E-state index contributed by atoms with van der Waals surface area (Å²) in [6, 6.07) is -1.01. The van der Waals surface area contributed by atoms with E-state index in [0.717, 1.165) is 6.21 Å². The van der Waals surface area contributed by atoms with Gasteiger partial charge < -0.3 is 16.2 Å². The molecule has 1 aliphatic rings. The summed E-state index contributed by atoms with van der Waals surface area (Å²) >= 11 is 0. The third-order valence-electron chi connectivity index (χ3n) is 2.06. The van der Waals surface area contributed by atoms with Crippen molar-refractivity contribution in [3.8, 4) is 0 Å². The number of amides is 1. The van der Waals surface area contributed by atoms with Crippen molar-refractivity contribution in [3.05, 3.63) is 11.3 Å². The largest absolute Gasteiger partial charge is 0.419 e. The van der Waals surface area contributed by atoms with Gasteiger partial charge in [0.1, 0.15) is 11.6 Å². The van der Waals surface area contributed by atoms with Crippen LogP contribution in [0.15, 0.2) is 16.4 Å². The van der Waals surface area contributed by atoms with Crippen molar-refractivity contribution in [1.29, 1.82) is 0 Å². The van der Waals surface area contributed by atoms with Gasteiger partial charge in [-0.25, -0.2) is 0 Å². The number of carbonyl (C=O) groups is 1. The zero-order chi connectivity index (χ0) is 13.2. The van der Waals surface area contributed by atoms with E-state index in [-0.39, 0.29) is 0 Å². The van der Waals surface area contributed by atoms with Gasteiger partial charge in [0.25, 0.3) is 0 Å². The van der Waals surface area contributed by atoms with Crippen molar-refractivity contribution in [3.63, 3.8) is 0 Å². The first-order valence-electron chi connectivity index (χ1n) is 4.57. The molecular formula is C8H11F3N4O2. The first kappa shape index (κ1) is 13.3. The molecule has 0 aromatic rings. The summed E-state index contributed by atoms with van der Waals surface area (Å²) in [7, 11) is 0. The summed E-state index contributed by atoms with van der Waals surface area (Å²) < 4.78 is 37.9. The van der Waals surface area contributed by atoms with E-state index < -0.39 is 35.6 Å². The van der Waals surface area contributed by atoms with E-state index in [9.17, 15) is 18.0 Å². The van der Waals surface area contributed by atoms with E-state index in [2.05, 4.69) is 10.4 Å². The van der Waals surface area contributed by atoms with Crippen LogP contribution in [0.4, 0.5) is 13.2 Å². The molecule has 0 aromatic heterocycles. The fourth-order valence-corrected chi connectivity index (χ4v) is 1.18. The van der Waals surface area contributed by atoms with Gasteiger partial charge in [0.15, 0.2) is 6.23 Å². The minimum absolute atomic E-state index is 0.491. The number of hydrazone groups is 1. The number of carbonyl (C=O) groups excluding carboxylic acids is 1. The van der Waals surface area contributed by atoms with Crippen LogP contribution in [-0.2, 0) is 4.79 Å². The summed E-state index contributed by atoms with van der Waals surface area (Å²) in [6.07, 6.45) is -5.91. The number of rotatable bonds is 3. The van der Waals surface area contributed by atoms with Crippen LogP contribution in [0.5, 0.6) is 0 Å². The summed E-state index contributed by atoms with van der Waals surface area (Å²) in [5.74, 6) is -0.819. The zero-order valence-electron chi connectivity index (χ0n) is 8.75. The van der Waals surface area contributed by atoms with Gasteiger partial charge >= 0.3 is 6.18 Å². The molecule has 0 fully saturated rings. The second-order valence-electron chi connectivity index (χ2n) is 3.38. The highest BCUT2D eigenvalue weighted by molar-refractivity contribution is 5.84. The molecular weight excluding hydrogens is 241 g/mol. The van der Waals surface area contributed by atoms with Gasteiger partial charge in [0.05, 0.1) is 11.9 Å². The van der Waals surface area contributed by atoms with E-state index in [4.69, 9.17) is 10.8 Å². The quantitative estimate of drug-likeness (QED) is 0.527. The van der Waals surface area contributed by atoms with Crippen LogP contribution in [0.2, 0.25) is 0 Å². The molecule has 0 spiro atoms. The van der Waals surface area contributed by atoms with Crippen LogP contribution in [0, 0.1) is 0 Å². The molecule has 0 aromatic carbocycles. The standard InChI is InChI=1S/C8H11F3N4O2/c1-3(6(12)16)14-4-2-13-15-7(17)5(4)8(9,10)11/h2-3,7,14-15,17H,1H3,(H2,12,16)/t3-,7?/m0/s1. The van der Waals surface area contributed by atoms with E-state index >= 15 is 0 Å². The van der Waals surface area contributed by atoms with Gasteiger partial charge in [-0.3, -0.25) is 10.2 Å². The smallest absolute Gasteiger partial charge is 0.372 e. The maximum Gasteiger partial charge on any atom is 0.419 e. The number of nitrogens with zero attached hydrogens (tertiary/aromatic N) is 1. The van der Waals surface area contributed by atoms with Crippen LogP contribution in [0.1, 0.15) is 6.92 Å². The molecule has 2 atom stereocenters. The van der Waals surface area contributed by atoms with E-state index in [1.807, 2.05) is 5.43 Å². The number of halogens is 3. The van der Waals surface area contributed by atoms with Crippen molar-refractivity contribution in [2.45, 2.75) is 25.4 Å². The average Bonchev–Trinajstić information content (AvgIpc) is 2.15. The molecule has 96 valence electrons. The Kier molecular flexibility index (Phi) is 3.61. The lowest BCUT2D eigenvalue weighted by Gasteiger charge is -2.25. The molecule has 1 heterocycles. The SMILES string of the molecule is C[C@H](NC1=C(C(F)(F)F)C(O)NN=C1)C(N)=O. The molecule has 1 aliphatic heterocycles. The summed E-state index contributed by atoms with van der Waals surface area (Å²) in [6.45, 7) is 1.30. The van der Waals surface area contributed by atoms with Gasteiger partial charge in [0, 0.05) is 0 Å². The molecule has 0 radical (unpaired) electrons. The normalized spacial score (nSPS) is 22.1. The topological polar surface area (TPSA) is 99.7 Å². The lowest BCUT2D eigenvalue weighted by Crippen LogP contribution is -2.45. The number of allylic oxidation sites excluding steroid dienone is 1. The van der Waals surface area contributed by atoms with Crippen molar-refractivity contribution < 1.29 is 23.1 Å². The number of nitrogens with two attached hydrogens (primary N) is 1. The summed E-state index contributed by atoms with van der Waals surface area (Å²) in [5.41, 5.74) is 5.04. The second-order valence-corrected chi connectivity index (χ2v) is 3.38. The predicted octanol–water partition coefficient (Wildman–Crippen LogP) is -0.826. The number of aliphatic hydroxyl groups is 1. The molecule has 5 N–H and O–H groups in total. The fourth-order valence-electron chi connectivity index (χ4n) is 1.18. The Morgan fingerprint density at radius 2 is 2.29 bits per heavy atom. The average molecular weight is 252 g/mol. The van der Waals surface area contributed by atoms with Gasteiger partial charge in [-0.15, -0.1) is 0 Å². The number of primary amides is 1. The van der Waals surface area contributed by atoms with Crippen LogP contribution >= 0.6 is 0 Å². The summed E-state index contributed by atoms with van der Waals surface area (Å²) in [5, 5.41) is 14.7. The van der Waals surface area contributed by atoms with Crippen molar-refractivity contribution in [1.82, 2.24) is 10.7 Å². The van der Waals surface area contributed by atoms with E-state index in [1.165, 1.54) is 6.92 Å². The number of nitrogens with one attached hydrogen (secondary N) is 2. The van der Waals surface area contributed by atoms with Crippen molar-refractivity contribution in [2.75, 3.05) is 0 Å². The molecule has 17 heavy (non-hydrogen) atoms. The lowest BCUT2D eigenvalue weighted by molar-refractivity contribution is -0.120. The molecule has 0 bridgehead atoms. The lowest BCUT2D eigenvalue weighted by atomic mass is 10.1. The van der Waals surface area contributed by atoms with Crippen molar-refractivity contribution >= 4 is 12.1 Å². The Morgan fingerprint density at radius 1 is 1.71 bits per heavy atom. The monoisotopic (exact) mass is 252 g/mol. The second kappa shape index (κ2) is 4.62. The molecule has 6 nitrogen and oxygen atoms in total. The first-order chi connectivity index (χ1) is 7.73. The number of hydrogen-bond acceptors (Lipinski definition) is 5. The highest BCUT2D eigenvalue weighted by Crippen LogP contribution is 2.30. The molecule has 0 saturated carbocycles. The minimum atomic E-state index is -4.75. The Bertz CT molecular complexity index is 377. The Hall–Kier alpha value is -1.77. The maximum absolute atomic E-state index is 12.6. The Morgan fingerprint density at radius 3 is 2.76 bits per heavy atom. The molecule has 1 amide bonds. The number of alkyl halides is 3. The predicted molar refractivity (Wildman–Crippen MR) is 52.5 cm³/mol. The molecule has 9 heteroatoms. The van der Waals surface area contributed by atoms with E-state index in [1.54, 1.807) is 0 Å². The van der Waals surface area contributed by atoms with Gasteiger partial charge in [0.2, 0.25) is 5.91 Å². The number of aliphatic hydroxyl groups excluding tert-OH is 1. The fraction of sp³-hybridized carbons (Fsp3) is 0.500. The van der Waals surface area contributed by atoms with Crippen LogP contribution in [0.3, 0.4) is 0 Å². The molecule has 0 saturated heterocycles. The Balaban J connectivity index is 3.05. The summed E-state index contributed by atoms with van der Waals surface area (Å²) in [4.78, 5) is 10.7. The zero-order valence-corrected chi connectivity index (χ0v) is 8.75.